The number of aryl methyl sites for hydroxylation is 1. The molecule has 0 aliphatic carbocycles. The van der Waals surface area contributed by atoms with Gasteiger partial charge < -0.3 is 19.6 Å². The highest BCUT2D eigenvalue weighted by molar-refractivity contribution is 5.59. The van der Waals surface area contributed by atoms with Crippen molar-refractivity contribution in [3.8, 4) is 23.1 Å². The van der Waals surface area contributed by atoms with E-state index in [4.69, 9.17) is 9.47 Å². The van der Waals surface area contributed by atoms with Gasteiger partial charge in [0, 0.05) is 47.7 Å². The van der Waals surface area contributed by atoms with E-state index in [1.54, 1.807) is 23.0 Å². The standard InChI is InChI=1S/C17H15FN6O4/c1-17(4-5-23-9-14(24(25)26)22-16(23)28-17)10-27-15-20-7-12(8-21-15)11-2-3-13(18)19-6-11/h2-3,6-9H,4-5,10H2,1H3. The lowest BCUT2D eigenvalue weighted by Crippen LogP contribution is -2.43. The molecule has 0 spiro atoms. The van der Waals surface area contributed by atoms with Gasteiger partial charge in [-0.2, -0.15) is 4.39 Å². The Balaban J connectivity index is 1.41. The molecule has 1 aliphatic heterocycles. The number of rotatable bonds is 5. The highest BCUT2D eigenvalue weighted by Crippen LogP contribution is 2.30. The van der Waals surface area contributed by atoms with Crippen LogP contribution in [0, 0.1) is 16.1 Å². The molecule has 4 heterocycles. The quantitative estimate of drug-likeness (QED) is 0.373. The molecule has 0 N–H and O–H groups in total. The Morgan fingerprint density at radius 1 is 1.29 bits per heavy atom. The van der Waals surface area contributed by atoms with Gasteiger partial charge in [-0.1, -0.05) is 0 Å². The zero-order valence-electron chi connectivity index (χ0n) is 14.8. The molecule has 1 aliphatic rings. The van der Waals surface area contributed by atoms with Crippen molar-refractivity contribution in [2.45, 2.75) is 25.5 Å². The monoisotopic (exact) mass is 386 g/mol. The SMILES string of the molecule is CC1(COc2ncc(-c3ccc(F)nc3)cn2)CCn2cc([N+](=O)[O-])nc2O1. The second-order valence-corrected chi connectivity index (χ2v) is 6.55. The third-order valence-corrected chi connectivity index (χ3v) is 4.33. The summed E-state index contributed by atoms with van der Waals surface area (Å²) in [5.74, 6) is -0.814. The van der Waals surface area contributed by atoms with Crippen molar-refractivity contribution in [2.75, 3.05) is 6.61 Å². The van der Waals surface area contributed by atoms with Gasteiger partial charge in [-0.25, -0.2) is 15.0 Å². The molecule has 3 aromatic rings. The van der Waals surface area contributed by atoms with Crippen molar-refractivity contribution in [1.82, 2.24) is 24.5 Å². The summed E-state index contributed by atoms with van der Waals surface area (Å²) >= 11 is 0. The number of nitrogens with zero attached hydrogens (tertiary/aromatic N) is 6. The molecule has 4 rings (SSSR count). The van der Waals surface area contributed by atoms with E-state index in [0.717, 1.165) is 0 Å². The maximum absolute atomic E-state index is 12.9. The van der Waals surface area contributed by atoms with Gasteiger partial charge in [0.15, 0.2) is 0 Å². The normalized spacial score (nSPS) is 18.2. The summed E-state index contributed by atoms with van der Waals surface area (Å²) in [6.45, 7) is 2.49. The van der Waals surface area contributed by atoms with Crippen LogP contribution in [0.5, 0.6) is 12.0 Å². The average molecular weight is 386 g/mol. The topological polar surface area (TPSA) is 118 Å². The first-order chi connectivity index (χ1) is 13.4. The number of fused-ring (bicyclic) bond motifs is 1. The maximum Gasteiger partial charge on any atom is 0.414 e. The van der Waals surface area contributed by atoms with Gasteiger partial charge in [-0.05, 0) is 24.0 Å². The summed E-state index contributed by atoms with van der Waals surface area (Å²) in [5.41, 5.74) is 0.635. The van der Waals surface area contributed by atoms with Gasteiger partial charge in [-0.3, -0.25) is 4.57 Å². The molecular weight excluding hydrogens is 371 g/mol. The molecule has 0 amide bonds. The minimum absolute atomic E-state index is 0.144. The Hall–Kier alpha value is -3.63. The molecule has 144 valence electrons. The number of imidazole rings is 1. The van der Waals surface area contributed by atoms with Crippen molar-refractivity contribution in [3.05, 3.63) is 53.0 Å². The van der Waals surface area contributed by atoms with Crippen LogP contribution in [0.1, 0.15) is 13.3 Å². The molecule has 0 radical (unpaired) electrons. The third-order valence-electron chi connectivity index (χ3n) is 4.33. The molecule has 28 heavy (non-hydrogen) atoms. The molecule has 1 atom stereocenters. The summed E-state index contributed by atoms with van der Waals surface area (Å²) in [5, 5.41) is 10.8. The van der Waals surface area contributed by atoms with Crippen LogP contribution in [0.2, 0.25) is 0 Å². The molecule has 0 bridgehead atoms. The van der Waals surface area contributed by atoms with Gasteiger partial charge in [0.05, 0.1) is 0 Å². The molecule has 0 saturated heterocycles. The lowest BCUT2D eigenvalue weighted by molar-refractivity contribution is -0.389. The van der Waals surface area contributed by atoms with Crippen molar-refractivity contribution in [2.24, 2.45) is 0 Å². The molecule has 1 unspecified atom stereocenters. The van der Waals surface area contributed by atoms with E-state index in [1.165, 1.54) is 18.5 Å². The number of halogens is 1. The van der Waals surface area contributed by atoms with Crippen LogP contribution in [0.4, 0.5) is 10.2 Å². The fraction of sp³-hybridized carbons (Fsp3) is 0.294. The van der Waals surface area contributed by atoms with Crippen molar-refractivity contribution < 1.29 is 18.8 Å². The first-order valence-corrected chi connectivity index (χ1v) is 8.39. The van der Waals surface area contributed by atoms with Gasteiger partial charge in [0.1, 0.15) is 18.4 Å². The zero-order valence-corrected chi connectivity index (χ0v) is 14.8. The number of hydrogen-bond donors (Lipinski definition) is 0. The lowest BCUT2D eigenvalue weighted by atomic mass is 10.0. The van der Waals surface area contributed by atoms with Crippen LogP contribution in [0.15, 0.2) is 36.9 Å². The summed E-state index contributed by atoms with van der Waals surface area (Å²) in [7, 11) is 0. The van der Waals surface area contributed by atoms with Crippen LogP contribution in [-0.2, 0) is 6.54 Å². The minimum Gasteiger partial charge on any atom is -0.459 e. The van der Waals surface area contributed by atoms with E-state index in [0.29, 0.717) is 24.1 Å². The van der Waals surface area contributed by atoms with E-state index in [2.05, 4.69) is 19.9 Å². The van der Waals surface area contributed by atoms with Gasteiger partial charge >= 0.3 is 17.8 Å². The summed E-state index contributed by atoms with van der Waals surface area (Å²) in [6.07, 6.45) is 6.43. The van der Waals surface area contributed by atoms with Gasteiger partial charge in [-0.15, -0.1) is 0 Å². The maximum atomic E-state index is 12.9. The number of pyridine rings is 1. The van der Waals surface area contributed by atoms with Crippen LogP contribution in [-0.4, -0.2) is 41.6 Å². The van der Waals surface area contributed by atoms with Crippen molar-refractivity contribution in [1.29, 1.82) is 0 Å². The predicted molar refractivity (Wildman–Crippen MR) is 93.2 cm³/mol. The smallest absolute Gasteiger partial charge is 0.414 e. The van der Waals surface area contributed by atoms with E-state index in [1.807, 2.05) is 6.92 Å². The minimum atomic E-state index is -0.724. The van der Waals surface area contributed by atoms with Crippen LogP contribution < -0.4 is 9.47 Å². The van der Waals surface area contributed by atoms with Crippen LogP contribution >= 0.6 is 0 Å². The molecule has 11 heteroatoms. The molecular formula is C17H15FN6O4. The predicted octanol–water partition coefficient (Wildman–Crippen LogP) is 2.40. The fourth-order valence-electron chi connectivity index (χ4n) is 2.75. The van der Waals surface area contributed by atoms with E-state index >= 15 is 0 Å². The van der Waals surface area contributed by atoms with E-state index in [-0.39, 0.29) is 24.4 Å². The summed E-state index contributed by atoms with van der Waals surface area (Å²) in [6, 6.07) is 3.18. The second-order valence-electron chi connectivity index (χ2n) is 6.55. The average Bonchev–Trinajstić information content (AvgIpc) is 3.11. The molecule has 0 fully saturated rings. The number of ether oxygens (including phenoxy) is 2. The summed E-state index contributed by atoms with van der Waals surface area (Å²) < 4.78 is 25.9. The molecule has 3 aromatic heterocycles. The van der Waals surface area contributed by atoms with Crippen LogP contribution in [0.25, 0.3) is 11.1 Å². The van der Waals surface area contributed by atoms with E-state index < -0.39 is 16.5 Å². The van der Waals surface area contributed by atoms with Crippen LogP contribution in [0.3, 0.4) is 0 Å². The number of nitro groups is 1. The van der Waals surface area contributed by atoms with E-state index in [9.17, 15) is 14.5 Å². The molecule has 10 nitrogen and oxygen atoms in total. The van der Waals surface area contributed by atoms with Gasteiger partial charge in [0.2, 0.25) is 5.95 Å². The largest absolute Gasteiger partial charge is 0.459 e. The first kappa shape index (κ1) is 17.8. The Kier molecular flexibility index (Phi) is 4.34. The highest BCUT2D eigenvalue weighted by atomic mass is 19.1. The first-order valence-electron chi connectivity index (χ1n) is 8.39. The Labute approximate surface area is 158 Å². The Morgan fingerprint density at radius 2 is 2.04 bits per heavy atom. The highest BCUT2D eigenvalue weighted by Gasteiger charge is 2.37. The lowest BCUT2D eigenvalue weighted by Gasteiger charge is -2.31. The summed E-state index contributed by atoms with van der Waals surface area (Å²) in [4.78, 5) is 26.0. The molecule has 0 aromatic carbocycles. The van der Waals surface area contributed by atoms with Gasteiger partial charge in [0.25, 0.3) is 0 Å². The van der Waals surface area contributed by atoms with Crippen molar-refractivity contribution in [3.63, 3.8) is 0 Å². The molecule has 0 saturated carbocycles. The third kappa shape index (κ3) is 3.59. The Bertz CT molecular complexity index is 1010. The fourth-order valence-corrected chi connectivity index (χ4v) is 2.75. The second kappa shape index (κ2) is 6.83. The number of aromatic nitrogens is 5. The number of hydrogen-bond acceptors (Lipinski definition) is 8. The zero-order chi connectivity index (χ0) is 19.7. The Morgan fingerprint density at radius 3 is 2.71 bits per heavy atom. The van der Waals surface area contributed by atoms with Crippen molar-refractivity contribution >= 4 is 5.82 Å².